The first-order valence-corrected chi connectivity index (χ1v) is 8.54. The van der Waals surface area contributed by atoms with Gasteiger partial charge in [0.2, 0.25) is 5.91 Å². The minimum atomic E-state index is 0.0151. The maximum absolute atomic E-state index is 12.3. The zero-order chi connectivity index (χ0) is 16.8. The Morgan fingerprint density at radius 3 is 2.54 bits per heavy atom. The number of hydrogen-bond donors (Lipinski definition) is 1. The highest BCUT2D eigenvalue weighted by molar-refractivity contribution is 5.92. The van der Waals surface area contributed by atoms with Gasteiger partial charge in [-0.3, -0.25) is 9.69 Å². The molecule has 0 spiro atoms. The number of rotatable bonds is 6. The normalized spacial score (nSPS) is 14.8. The summed E-state index contributed by atoms with van der Waals surface area (Å²) in [6, 6.07) is 17.7. The molecule has 0 radical (unpaired) electrons. The third kappa shape index (κ3) is 4.59. The fourth-order valence-corrected chi connectivity index (χ4v) is 3.16. The number of benzene rings is 2. The van der Waals surface area contributed by atoms with Gasteiger partial charge in [0.15, 0.2) is 0 Å². The van der Waals surface area contributed by atoms with E-state index in [-0.39, 0.29) is 5.91 Å². The number of nitrogens with zero attached hydrogens (tertiary/aromatic N) is 1. The van der Waals surface area contributed by atoms with Gasteiger partial charge in [-0.15, -0.1) is 0 Å². The van der Waals surface area contributed by atoms with Gasteiger partial charge in [0.25, 0.3) is 0 Å². The van der Waals surface area contributed by atoms with Gasteiger partial charge in [-0.25, -0.2) is 0 Å². The second kappa shape index (κ2) is 7.97. The molecule has 0 bridgehead atoms. The maximum atomic E-state index is 12.3. The van der Waals surface area contributed by atoms with E-state index in [0.717, 1.165) is 11.4 Å². The van der Waals surface area contributed by atoms with Crippen LogP contribution in [0.3, 0.4) is 0 Å². The molecule has 4 nitrogen and oxygen atoms in total. The Bertz CT molecular complexity index is 666. The molecule has 1 saturated carbocycles. The quantitative estimate of drug-likeness (QED) is 0.862. The smallest absolute Gasteiger partial charge is 0.238 e. The molecule has 1 aliphatic rings. The summed E-state index contributed by atoms with van der Waals surface area (Å²) >= 11 is 0. The van der Waals surface area contributed by atoms with Crippen molar-refractivity contribution in [3.63, 3.8) is 0 Å². The number of carbonyl (C=O) groups is 1. The summed E-state index contributed by atoms with van der Waals surface area (Å²) in [6.45, 7) is 0.425. The van der Waals surface area contributed by atoms with Crippen molar-refractivity contribution in [1.29, 1.82) is 0 Å². The highest BCUT2D eigenvalue weighted by atomic mass is 16.5. The topological polar surface area (TPSA) is 41.6 Å². The van der Waals surface area contributed by atoms with Crippen molar-refractivity contribution in [3.05, 3.63) is 54.6 Å². The van der Waals surface area contributed by atoms with Gasteiger partial charge in [0, 0.05) is 17.8 Å². The average molecular weight is 324 g/mol. The van der Waals surface area contributed by atoms with Crippen molar-refractivity contribution in [1.82, 2.24) is 4.90 Å². The molecule has 0 aromatic heterocycles. The Balaban J connectivity index is 1.56. The Hall–Kier alpha value is -2.33. The molecule has 1 fully saturated rings. The van der Waals surface area contributed by atoms with Crippen molar-refractivity contribution in [3.8, 4) is 11.5 Å². The van der Waals surface area contributed by atoms with Gasteiger partial charge in [-0.05, 0) is 44.2 Å². The Labute approximate surface area is 143 Å². The molecule has 1 amide bonds. The number of nitrogens with one attached hydrogen (secondary N) is 1. The first kappa shape index (κ1) is 16.5. The van der Waals surface area contributed by atoms with E-state index in [1.165, 1.54) is 25.7 Å². The van der Waals surface area contributed by atoms with E-state index in [9.17, 15) is 4.79 Å². The SMILES string of the molecule is CN(CC(=O)Nc1cccc(Oc2ccccc2)c1)C1CCCC1. The summed E-state index contributed by atoms with van der Waals surface area (Å²) < 4.78 is 5.80. The Morgan fingerprint density at radius 1 is 1.08 bits per heavy atom. The van der Waals surface area contributed by atoms with E-state index in [4.69, 9.17) is 4.74 Å². The number of amides is 1. The molecule has 4 heteroatoms. The van der Waals surface area contributed by atoms with Crippen LogP contribution in [0.25, 0.3) is 0 Å². The largest absolute Gasteiger partial charge is 0.457 e. The zero-order valence-corrected chi connectivity index (χ0v) is 14.1. The monoisotopic (exact) mass is 324 g/mol. The summed E-state index contributed by atoms with van der Waals surface area (Å²) in [4.78, 5) is 14.4. The lowest BCUT2D eigenvalue weighted by atomic mass is 10.2. The third-order valence-electron chi connectivity index (χ3n) is 4.44. The van der Waals surface area contributed by atoms with Gasteiger partial charge >= 0.3 is 0 Å². The van der Waals surface area contributed by atoms with Crippen LogP contribution in [0.1, 0.15) is 25.7 Å². The van der Waals surface area contributed by atoms with Gasteiger partial charge in [-0.2, -0.15) is 0 Å². The molecule has 24 heavy (non-hydrogen) atoms. The van der Waals surface area contributed by atoms with Crippen LogP contribution in [0, 0.1) is 0 Å². The number of ether oxygens (including phenoxy) is 1. The Kier molecular flexibility index (Phi) is 5.49. The van der Waals surface area contributed by atoms with Crippen LogP contribution in [-0.2, 0) is 4.79 Å². The molecule has 2 aromatic carbocycles. The zero-order valence-electron chi connectivity index (χ0n) is 14.1. The first-order valence-electron chi connectivity index (χ1n) is 8.54. The van der Waals surface area contributed by atoms with Crippen LogP contribution in [0.4, 0.5) is 5.69 Å². The van der Waals surface area contributed by atoms with Gasteiger partial charge in [-0.1, -0.05) is 37.1 Å². The number of hydrogen-bond acceptors (Lipinski definition) is 3. The van der Waals surface area contributed by atoms with E-state index in [1.54, 1.807) is 0 Å². The second-order valence-corrected chi connectivity index (χ2v) is 6.34. The van der Waals surface area contributed by atoms with Crippen molar-refractivity contribution < 1.29 is 9.53 Å². The van der Waals surface area contributed by atoms with Gasteiger partial charge in [0.05, 0.1) is 6.54 Å². The molecule has 0 aliphatic heterocycles. The molecule has 0 atom stereocenters. The average Bonchev–Trinajstić information content (AvgIpc) is 3.10. The Morgan fingerprint density at radius 2 is 1.79 bits per heavy atom. The van der Waals surface area contributed by atoms with Crippen LogP contribution in [0.2, 0.25) is 0 Å². The van der Waals surface area contributed by atoms with Crippen molar-refractivity contribution in [2.45, 2.75) is 31.7 Å². The lowest BCUT2D eigenvalue weighted by Crippen LogP contribution is -2.36. The standard InChI is InChI=1S/C20H24N2O2/c1-22(17-9-5-6-10-17)15-20(23)21-16-8-7-13-19(14-16)24-18-11-3-2-4-12-18/h2-4,7-8,11-14,17H,5-6,9-10,15H2,1H3,(H,21,23). The van der Waals surface area contributed by atoms with Crippen LogP contribution in [0.15, 0.2) is 54.6 Å². The minimum absolute atomic E-state index is 0.0151. The molecule has 126 valence electrons. The molecule has 1 aliphatic carbocycles. The summed E-state index contributed by atoms with van der Waals surface area (Å²) in [5, 5.41) is 2.96. The maximum Gasteiger partial charge on any atom is 0.238 e. The highest BCUT2D eigenvalue weighted by Gasteiger charge is 2.21. The summed E-state index contributed by atoms with van der Waals surface area (Å²) in [5.74, 6) is 1.51. The lowest BCUT2D eigenvalue weighted by Gasteiger charge is -2.23. The molecule has 0 heterocycles. The van der Waals surface area contributed by atoms with Gasteiger partial charge in [0.1, 0.15) is 11.5 Å². The molecule has 3 rings (SSSR count). The van der Waals surface area contributed by atoms with E-state index in [0.29, 0.717) is 18.3 Å². The van der Waals surface area contributed by atoms with Gasteiger partial charge < -0.3 is 10.1 Å². The summed E-state index contributed by atoms with van der Waals surface area (Å²) in [6.07, 6.45) is 4.94. The lowest BCUT2D eigenvalue weighted by molar-refractivity contribution is -0.117. The predicted octanol–water partition coefficient (Wildman–Crippen LogP) is 4.29. The van der Waals surface area contributed by atoms with Crippen molar-refractivity contribution in [2.24, 2.45) is 0 Å². The molecule has 2 aromatic rings. The fraction of sp³-hybridized carbons (Fsp3) is 0.350. The van der Waals surface area contributed by atoms with Crippen molar-refractivity contribution in [2.75, 3.05) is 18.9 Å². The number of likely N-dealkylation sites (N-methyl/N-ethyl adjacent to an activating group) is 1. The molecule has 1 N–H and O–H groups in total. The van der Waals surface area contributed by atoms with Crippen LogP contribution in [0.5, 0.6) is 11.5 Å². The van der Waals surface area contributed by atoms with E-state index in [1.807, 2.05) is 61.6 Å². The summed E-state index contributed by atoms with van der Waals surface area (Å²) in [5.41, 5.74) is 0.758. The van der Waals surface area contributed by atoms with Crippen LogP contribution < -0.4 is 10.1 Å². The number of anilines is 1. The first-order chi connectivity index (χ1) is 11.7. The predicted molar refractivity (Wildman–Crippen MR) is 96.5 cm³/mol. The summed E-state index contributed by atoms with van der Waals surface area (Å²) in [7, 11) is 2.03. The van der Waals surface area contributed by atoms with Crippen LogP contribution in [-0.4, -0.2) is 30.4 Å². The number of para-hydroxylation sites is 1. The van der Waals surface area contributed by atoms with E-state index >= 15 is 0 Å². The van der Waals surface area contributed by atoms with E-state index in [2.05, 4.69) is 10.2 Å². The molecule has 0 unspecified atom stereocenters. The minimum Gasteiger partial charge on any atom is -0.457 e. The molecular formula is C20H24N2O2. The third-order valence-corrected chi connectivity index (χ3v) is 4.44. The van der Waals surface area contributed by atoms with Crippen molar-refractivity contribution >= 4 is 11.6 Å². The second-order valence-electron chi connectivity index (χ2n) is 6.34. The highest BCUT2D eigenvalue weighted by Crippen LogP contribution is 2.24. The van der Waals surface area contributed by atoms with Crippen LogP contribution >= 0.6 is 0 Å². The molecule has 0 saturated heterocycles. The van der Waals surface area contributed by atoms with E-state index < -0.39 is 0 Å². The molecular weight excluding hydrogens is 300 g/mol. The fourth-order valence-electron chi connectivity index (χ4n) is 3.16. The number of carbonyl (C=O) groups excluding carboxylic acids is 1.